The van der Waals surface area contributed by atoms with E-state index >= 15 is 0 Å². The Balaban J connectivity index is 1.82. The zero-order valence-electron chi connectivity index (χ0n) is 13.6. The Bertz CT molecular complexity index is 849. The number of amides is 1. The molecular formula is C18H15ClN2O5. The molecule has 7 nitrogen and oxygen atoms in total. The van der Waals surface area contributed by atoms with Crippen LogP contribution < -0.4 is 5.32 Å². The molecule has 0 aliphatic rings. The number of hydrogen-bond donors (Lipinski definition) is 1. The Morgan fingerprint density at radius 3 is 2.38 bits per heavy atom. The van der Waals surface area contributed by atoms with E-state index in [4.69, 9.17) is 11.6 Å². The van der Waals surface area contributed by atoms with Gasteiger partial charge in [0.05, 0.1) is 11.3 Å². The molecule has 8 heteroatoms. The molecular weight excluding hydrogens is 360 g/mol. The number of nitrogens with zero attached hydrogens (tertiary/aromatic N) is 1. The van der Waals surface area contributed by atoms with Crippen molar-refractivity contribution in [2.45, 2.75) is 19.3 Å². The molecule has 0 radical (unpaired) electrons. The first kappa shape index (κ1) is 19.3. The fourth-order valence-electron chi connectivity index (χ4n) is 2.18. The number of halogens is 1. The number of rotatable bonds is 8. The van der Waals surface area contributed by atoms with Gasteiger partial charge in [-0.05, 0) is 30.3 Å². The summed E-state index contributed by atoms with van der Waals surface area (Å²) >= 11 is 5.74. The minimum absolute atomic E-state index is 0.0971. The molecule has 0 spiro atoms. The summed E-state index contributed by atoms with van der Waals surface area (Å²) in [7, 11) is 0. The van der Waals surface area contributed by atoms with Crippen LogP contribution in [0.2, 0.25) is 5.02 Å². The van der Waals surface area contributed by atoms with Crippen LogP contribution in [-0.4, -0.2) is 22.4 Å². The average molecular weight is 375 g/mol. The van der Waals surface area contributed by atoms with E-state index in [2.05, 4.69) is 5.32 Å². The second kappa shape index (κ2) is 8.87. The zero-order chi connectivity index (χ0) is 19.1. The van der Waals surface area contributed by atoms with E-state index in [0.717, 1.165) is 0 Å². The maximum absolute atomic E-state index is 12.0. The van der Waals surface area contributed by atoms with Crippen molar-refractivity contribution in [3.05, 3.63) is 69.2 Å². The third kappa shape index (κ3) is 5.78. The van der Waals surface area contributed by atoms with Gasteiger partial charge in [0, 0.05) is 41.2 Å². The van der Waals surface area contributed by atoms with Gasteiger partial charge in [0.2, 0.25) is 5.91 Å². The Kier molecular flexibility index (Phi) is 6.57. The molecule has 2 aromatic carbocycles. The maximum Gasteiger partial charge on any atom is 0.271 e. The highest BCUT2D eigenvalue weighted by atomic mass is 35.5. The lowest BCUT2D eigenvalue weighted by molar-refractivity contribution is -0.384. The smallest absolute Gasteiger partial charge is 0.271 e. The monoisotopic (exact) mass is 374 g/mol. The van der Waals surface area contributed by atoms with E-state index in [1.807, 2.05) is 0 Å². The van der Waals surface area contributed by atoms with E-state index in [1.165, 1.54) is 36.4 Å². The van der Waals surface area contributed by atoms with Crippen LogP contribution in [0.15, 0.2) is 48.5 Å². The van der Waals surface area contributed by atoms with Gasteiger partial charge in [0.15, 0.2) is 5.78 Å². The van der Waals surface area contributed by atoms with Crippen molar-refractivity contribution in [1.29, 1.82) is 0 Å². The van der Waals surface area contributed by atoms with Crippen LogP contribution in [0, 0.1) is 10.1 Å². The van der Waals surface area contributed by atoms with Gasteiger partial charge in [-0.1, -0.05) is 17.7 Å². The van der Waals surface area contributed by atoms with E-state index in [1.54, 1.807) is 12.1 Å². The van der Waals surface area contributed by atoms with E-state index in [-0.39, 0.29) is 42.2 Å². The molecule has 0 unspecified atom stereocenters. The number of carbonyl (C=O) groups is 3. The van der Waals surface area contributed by atoms with Crippen LogP contribution >= 0.6 is 11.6 Å². The van der Waals surface area contributed by atoms with Gasteiger partial charge in [-0.15, -0.1) is 0 Å². The number of ketones is 2. The highest BCUT2D eigenvalue weighted by Crippen LogP contribution is 2.17. The number of hydrogen-bond acceptors (Lipinski definition) is 5. The second-order valence-electron chi connectivity index (χ2n) is 5.50. The summed E-state index contributed by atoms with van der Waals surface area (Å²) in [4.78, 5) is 45.8. The van der Waals surface area contributed by atoms with Crippen molar-refractivity contribution in [3.63, 3.8) is 0 Å². The summed E-state index contributed by atoms with van der Waals surface area (Å²) in [6.07, 6.45) is -0.513. The molecule has 0 saturated heterocycles. The number of anilines is 1. The van der Waals surface area contributed by atoms with Crippen molar-refractivity contribution < 1.29 is 19.3 Å². The van der Waals surface area contributed by atoms with Crippen LogP contribution in [0.4, 0.5) is 11.4 Å². The topological polar surface area (TPSA) is 106 Å². The number of carbonyl (C=O) groups excluding carboxylic acids is 3. The highest BCUT2D eigenvalue weighted by molar-refractivity contribution is 6.30. The van der Waals surface area contributed by atoms with Gasteiger partial charge in [-0.2, -0.15) is 0 Å². The van der Waals surface area contributed by atoms with Crippen LogP contribution in [0.1, 0.15) is 29.6 Å². The summed E-state index contributed by atoms with van der Waals surface area (Å²) in [5.41, 5.74) is 0.505. The van der Waals surface area contributed by atoms with Crippen molar-refractivity contribution in [3.8, 4) is 0 Å². The number of nitro groups is 1. The van der Waals surface area contributed by atoms with Crippen molar-refractivity contribution >= 4 is 40.4 Å². The number of nitro benzene ring substituents is 1. The van der Waals surface area contributed by atoms with E-state index < -0.39 is 10.8 Å². The summed E-state index contributed by atoms with van der Waals surface area (Å²) in [5.74, 6) is -1.16. The largest absolute Gasteiger partial charge is 0.326 e. The molecule has 26 heavy (non-hydrogen) atoms. The molecule has 0 fully saturated rings. The third-order valence-corrected chi connectivity index (χ3v) is 3.75. The van der Waals surface area contributed by atoms with Gasteiger partial charge >= 0.3 is 0 Å². The van der Waals surface area contributed by atoms with Crippen LogP contribution in [0.3, 0.4) is 0 Å². The van der Waals surface area contributed by atoms with Gasteiger partial charge in [-0.3, -0.25) is 24.5 Å². The fraction of sp³-hybridized carbons (Fsp3) is 0.167. The number of non-ortho nitro benzene ring substituents is 1. The lowest BCUT2D eigenvalue weighted by Gasteiger charge is -2.05. The van der Waals surface area contributed by atoms with E-state index in [0.29, 0.717) is 10.6 Å². The SMILES string of the molecule is O=C(CCC(=O)Nc1cccc([N+](=O)[O-])c1)CC(=O)c1ccc(Cl)cc1. The molecule has 0 aromatic heterocycles. The molecule has 0 saturated carbocycles. The van der Waals surface area contributed by atoms with Crippen LogP contribution in [-0.2, 0) is 9.59 Å². The molecule has 2 aromatic rings. The fourth-order valence-corrected chi connectivity index (χ4v) is 2.30. The molecule has 134 valence electrons. The highest BCUT2D eigenvalue weighted by Gasteiger charge is 2.14. The molecule has 0 bridgehead atoms. The van der Waals surface area contributed by atoms with Crippen molar-refractivity contribution in [1.82, 2.24) is 0 Å². The molecule has 1 N–H and O–H groups in total. The van der Waals surface area contributed by atoms with Gasteiger partial charge in [0.1, 0.15) is 5.78 Å². The molecule has 2 rings (SSSR count). The van der Waals surface area contributed by atoms with Crippen LogP contribution in [0.5, 0.6) is 0 Å². The minimum atomic E-state index is -0.568. The second-order valence-corrected chi connectivity index (χ2v) is 5.94. The number of nitrogens with one attached hydrogen (secondary N) is 1. The number of Topliss-reactive ketones (excluding diaryl/α,β-unsaturated/α-hetero) is 2. The molecule has 0 aliphatic heterocycles. The normalized spacial score (nSPS) is 10.2. The summed E-state index contributed by atoms with van der Waals surface area (Å²) in [6, 6.07) is 11.7. The summed E-state index contributed by atoms with van der Waals surface area (Å²) in [5, 5.41) is 13.7. The Hall–Kier alpha value is -3.06. The molecule has 0 heterocycles. The molecule has 0 aliphatic carbocycles. The molecule has 0 atom stereocenters. The van der Waals surface area contributed by atoms with Crippen LogP contribution in [0.25, 0.3) is 0 Å². The van der Waals surface area contributed by atoms with Gasteiger partial charge < -0.3 is 5.32 Å². The third-order valence-electron chi connectivity index (χ3n) is 3.50. The van der Waals surface area contributed by atoms with Crippen molar-refractivity contribution in [2.24, 2.45) is 0 Å². The molecule has 1 amide bonds. The first-order valence-corrected chi connectivity index (χ1v) is 8.08. The Morgan fingerprint density at radius 1 is 1.04 bits per heavy atom. The Labute approximate surface area is 154 Å². The van der Waals surface area contributed by atoms with Crippen molar-refractivity contribution in [2.75, 3.05) is 5.32 Å². The maximum atomic E-state index is 12.0. The van der Waals surface area contributed by atoms with Gasteiger partial charge in [0.25, 0.3) is 5.69 Å². The summed E-state index contributed by atoms with van der Waals surface area (Å²) < 4.78 is 0. The minimum Gasteiger partial charge on any atom is -0.326 e. The predicted molar refractivity (Wildman–Crippen MR) is 96.4 cm³/mol. The van der Waals surface area contributed by atoms with Gasteiger partial charge in [-0.25, -0.2) is 0 Å². The lowest BCUT2D eigenvalue weighted by atomic mass is 10.0. The lowest BCUT2D eigenvalue weighted by Crippen LogP contribution is -2.15. The first-order chi connectivity index (χ1) is 12.3. The predicted octanol–water partition coefficient (Wildman–Crippen LogP) is 3.81. The number of benzene rings is 2. The van der Waals surface area contributed by atoms with E-state index in [9.17, 15) is 24.5 Å². The Morgan fingerprint density at radius 2 is 1.73 bits per heavy atom. The average Bonchev–Trinajstić information content (AvgIpc) is 2.60. The standard InChI is InChI=1S/C18H15ClN2O5/c19-13-6-4-12(5-7-13)17(23)11-16(22)8-9-18(24)20-14-2-1-3-15(10-14)21(25)26/h1-7,10H,8-9,11H2,(H,20,24). The summed E-state index contributed by atoms with van der Waals surface area (Å²) in [6.45, 7) is 0. The zero-order valence-corrected chi connectivity index (χ0v) is 14.4. The first-order valence-electron chi connectivity index (χ1n) is 7.70. The quantitative estimate of drug-likeness (QED) is 0.327.